The second kappa shape index (κ2) is 6.57. The van der Waals surface area contributed by atoms with Gasteiger partial charge in [0, 0.05) is 17.6 Å². The monoisotopic (exact) mass is 202 g/mol. The van der Waals surface area contributed by atoms with Gasteiger partial charge >= 0.3 is 0 Å². The number of alkyl halides is 3. The van der Waals surface area contributed by atoms with Crippen molar-refractivity contribution < 1.29 is 0 Å². The summed E-state index contributed by atoms with van der Waals surface area (Å²) in [4.78, 5) is 0. The molecule has 0 aliphatic rings. The van der Waals surface area contributed by atoms with Crippen LogP contribution in [0.3, 0.4) is 0 Å². The van der Waals surface area contributed by atoms with Crippen LogP contribution in [0.15, 0.2) is 0 Å². The first-order valence-corrected chi connectivity index (χ1v) is 5.02. The lowest BCUT2D eigenvalue weighted by Gasteiger charge is -2.13. The number of hydrogen-bond donors (Lipinski definition) is 0. The second-order valence-corrected chi connectivity index (χ2v) is 3.60. The van der Waals surface area contributed by atoms with Crippen molar-refractivity contribution in [3.05, 3.63) is 0 Å². The summed E-state index contributed by atoms with van der Waals surface area (Å²) in [5.41, 5.74) is 0. The molecule has 0 aliphatic heterocycles. The van der Waals surface area contributed by atoms with E-state index in [1.807, 2.05) is 0 Å². The van der Waals surface area contributed by atoms with E-state index < -0.39 is 0 Å². The highest BCUT2D eigenvalue weighted by Gasteiger charge is 2.09. The quantitative estimate of drug-likeness (QED) is 0.601. The summed E-state index contributed by atoms with van der Waals surface area (Å²) in [6, 6.07) is 0. The van der Waals surface area contributed by atoms with E-state index in [0.717, 1.165) is 6.42 Å². The summed E-state index contributed by atoms with van der Waals surface area (Å²) in [6.45, 7) is 2.11. The van der Waals surface area contributed by atoms with Crippen molar-refractivity contribution in [3.63, 3.8) is 0 Å². The van der Waals surface area contributed by atoms with Crippen LogP contribution in [0.25, 0.3) is 0 Å². The molecule has 1 unspecified atom stereocenters. The van der Waals surface area contributed by atoms with E-state index >= 15 is 0 Å². The number of halogens is 3. The summed E-state index contributed by atoms with van der Waals surface area (Å²) in [7, 11) is 0. The molecular formula is C7H13Cl3. The molecule has 62 valence electrons. The third-order valence-electron chi connectivity index (χ3n) is 1.44. The molecule has 0 heterocycles. The van der Waals surface area contributed by atoms with E-state index in [1.165, 1.54) is 0 Å². The molecular weight excluding hydrogens is 190 g/mol. The van der Waals surface area contributed by atoms with E-state index in [9.17, 15) is 0 Å². The maximum Gasteiger partial charge on any atom is 0.0263 e. The molecule has 1 atom stereocenters. The van der Waals surface area contributed by atoms with Crippen molar-refractivity contribution in [2.24, 2.45) is 11.8 Å². The molecule has 3 heteroatoms. The van der Waals surface area contributed by atoms with E-state index in [1.54, 1.807) is 0 Å². The average Bonchev–Trinajstić information content (AvgIpc) is 1.99. The number of rotatable bonds is 5. The molecule has 0 N–H and O–H groups in total. The highest BCUT2D eigenvalue weighted by molar-refractivity contribution is 6.20. The van der Waals surface area contributed by atoms with E-state index in [-0.39, 0.29) is 0 Å². The van der Waals surface area contributed by atoms with Crippen molar-refractivity contribution in [1.82, 2.24) is 0 Å². The van der Waals surface area contributed by atoms with Gasteiger partial charge in [-0.15, -0.1) is 34.8 Å². The number of hydrogen-bond acceptors (Lipinski definition) is 0. The fraction of sp³-hybridized carbons (Fsp3) is 1.00. The minimum atomic E-state index is 0.428. The van der Waals surface area contributed by atoms with Crippen molar-refractivity contribution in [1.29, 1.82) is 0 Å². The summed E-state index contributed by atoms with van der Waals surface area (Å²) in [6.07, 6.45) is 1.04. The van der Waals surface area contributed by atoms with Gasteiger partial charge in [0.2, 0.25) is 0 Å². The van der Waals surface area contributed by atoms with Gasteiger partial charge in [-0.1, -0.05) is 6.92 Å². The van der Waals surface area contributed by atoms with Gasteiger partial charge in [-0.05, 0) is 18.3 Å². The molecule has 0 rings (SSSR count). The van der Waals surface area contributed by atoms with Crippen molar-refractivity contribution in [2.45, 2.75) is 13.3 Å². The molecule has 0 aromatic heterocycles. The van der Waals surface area contributed by atoms with Crippen LogP contribution in [0, 0.1) is 11.8 Å². The molecule has 0 amide bonds. The Morgan fingerprint density at radius 1 is 1.00 bits per heavy atom. The Labute approximate surface area is 77.8 Å². The van der Waals surface area contributed by atoms with Gasteiger partial charge < -0.3 is 0 Å². The molecule has 0 bridgehead atoms. The Kier molecular flexibility index (Phi) is 7.14. The standard InChI is InChI=1S/C7H13Cl3/c1-6(3-8)2-7(4-9)5-10/h6-7H,2-5H2,1H3. The van der Waals surface area contributed by atoms with Crippen LogP contribution in [-0.2, 0) is 0 Å². The zero-order valence-electron chi connectivity index (χ0n) is 6.12. The van der Waals surface area contributed by atoms with E-state index in [2.05, 4.69) is 6.92 Å². The van der Waals surface area contributed by atoms with E-state index in [4.69, 9.17) is 34.8 Å². The minimum absolute atomic E-state index is 0.428. The molecule has 0 nitrogen and oxygen atoms in total. The summed E-state index contributed by atoms with van der Waals surface area (Å²) in [5.74, 6) is 2.95. The predicted octanol–water partition coefficient (Wildman–Crippen LogP) is 3.35. The van der Waals surface area contributed by atoms with Crippen molar-refractivity contribution in [3.8, 4) is 0 Å². The Bertz CT molecular complexity index is 71.3. The van der Waals surface area contributed by atoms with Crippen LogP contribution in [0.1, 0.15) is 13.3 Å². The normalized spacial score (nSPS) is 14.1. The molecule has 0 fully saturated rings. The molecule has 0 spiro atoms. The summed E-state index contributed by atoms with van der Waals surface area (Å²) < 4.78 is 0. The Morgan fingerprint density at radius 2 is 1.50 bits per heavy atom. The molecule has 10 heavy (non-hydrogen) atoms. The lowest BCUT2D eigenvalue weighted by Crippen LogP contribution is -2.10. The molecule has 0 aromatic carbocycles. The van der Waals surface area contributed by atoms with Gasteiger partial charge in [0.25, 0.3) is 0 Å². The fourth-order valence-electron chi connectivity index (χ4n) is 0.799. The second-order valence-electron chi connectivity index (χ2n) is 2.67. The zero-order valence-corrected chi connectivity index (χ0v) is 8.38. The van der Waals surface area contributed by atoms with Gasteiger partial charge in [-0.25, -0.2) is 0 Å². The third kappa shape index (κ3) is 4.65. The first-order chi connectivity index (χ1) is 4.74. The van der Waals surface area contributed by atoms with Crippen LogP contribution >= 0.6 is 34.8 Å². The van der Waals surface area contributed by atoms with Crippen LogP contribution in [0.5, 0.6) is 0 Å². The molecule has 0 saturated carbocycles. The van der Waals surface area contributed by atoms with Gasteiger partial charge in [0.1, 0.15) is 0 Å². The van der Waals surface area contributed by atoms with Crippen LogP contribution in [-0.4, -0.2) is 17.6 Å². The topological polar surface area (TPSA) is 0 Å². The largest absolute Gasteiger partial charge is 0.126 e. The lowest BCUT2D eigenvalue weighted by atomic mass is 10.0. The smallest absolute Gasteiger partial charge is 0.0263 e. The van der Waals surface area contributed by atoms with Crippen LogP contribution in [0.4, 0.5) is 0 Å². The average molecular weight is 204 g/mol. The van der Waals surface area contributed by atoms with Crippen molar-refractivity contribution in [2.75, 3.05) is 17.6 Å². The minimum Gasteiger partial charge on any atom is -0.126 e. The predicted molar refractivity (Wildman–Crippen MR) is 49.4 cm³/mol. The molecule has 0 aromatic rings. The molecule has 0 aliphatic carbocycles. The highest BCUT2D eigenvalue weighted by atomic mass is 35.5. The summed E-state index contributed by atoms with van der Waals surface area (Å²) >= 11 is 16.9. The van der Waals surface area contributed by atoms with Crippen LogP contribution in [0.2, 0.25) is 0 Å². The van der Waals surface area contributed by atoms with Crippen molar-refractivity contribution >= 4 is 34.8 Å². The zero-order chi connectivity index (χ0) is 7.98. The van der Waals surface area contributed by atoms with Gasteiger partial charge in [0.15, 0.2) is 0 Å². The Balaban J connectivity index is 3.41. The third-order valence-corrected chi connectivity index (χ3v) is 2.84. The molecule has 0 radical (unpaired) electrons. The first-order valence-electron chi connectivity index (χ1n) is 3.42. The summed E-state index contributed by atoms with van der Waals surface area (Å²) in [5, 5.41) is 0. The maximum absolute atomic E-state index is 5.64. The molecule has 0 saturated heterocycles. The van der Waals surface area contributed by atoms with Crippen LogP contribution < -0.4 is 0 Å². The maximum atomic E-state index is 5.64. The van der Waals surface area contributed by atoms with Gasteiger partial charge in [0.05, 0.1) is 0 Å². The van der Waals surface area contributed by atoms with Gasteiger partial charge in [-0.2, -0.15) is 0 Å². The van der Waals surface area contributed by atoms with E-state index in [0.29, 0.717) is 29.5 Å². The Morgan fingerprint density at radius 3 is 1.80 bits per heavy atom. The highest BCUT2D eigenvalue weighted by Crippen LogP contribution is 2.15. The SMILES string of the molecule is CC(CCl)CC(CCl)CCl. The first kappa shape index (κ1) is 10.9. The fourth-order valence-corrected chi connectivity index (χ4v) is 1.51. The lowest BCUT2D eigenvalue weighted by molar-refractivity contribution is 0.480. The van der Waals surface area contributed by atoms with Gasteiger partial charge in [-0.3, -0.25) is 0 Å². The Hall–Kier alpha value is 0.870.